The van der Waals surface area contributed by atoms with E-state index in [0.717, 1.165) is 11.4 Å². The van der Waals surface area contributed by atoms with E-state index in [0.29, 0.717) is 0 Å². The van der Waals surface area contributed by atoms with E-state index in [2.05, 4.69) is 4.98 Å². The molecule has 8 heteroatoms. The zero-order chi connectivity index (χ0) is 20.4. The molecule has 1 heterocycles. The minimum absolute atomic E-state index is 0.227. The fourth-order valence-corrected chi connectivity index (χ4v) is 2.99. The van der Waals surface area contributed by atoms with E-state index < -0.39 is 34.4 Å². The van der Waals surface area contributed by atoms with Crippen LogP contribution in [0.2, 0.25) is 0 Å². The predicted octanol–water partition coefficient (Wildman–Crippen LogP) is 2.79. The van der Waals surface area contributed by atoms with Crippen LogP contribution in [0.25, 0.3) is 11.1 Å². The molecule has 0 saturated heterocycles. The van der Waals surface area contributed by atoms with Crippen molar-refractivity contribution in [3.8, 4) is 11.1 Å². The first-order chi connectivity index (χ1) is 13.3. The number of anilines is 3. The van der Waals surface area contributed by atoms with Crippen molar-refractivity contribution in [2.24, 2.45) is 0 Å². The highest BCUT2D eigenvalue weighted by atomic mass is 16.4. The molecule has 0 aliphatic carbocycles. The maximum Gasteiger partial charge on any atom is 0.342 e. The lowest BCUT2D eigenvalue weighted by atomic mass is 9.95. The molecule has 0 saturated carbocycles. The van der Waals surface area contributed by atoms with Crippen LogP contribution in [0.5, 0.6) is 0 Å². The van der Waals surface area contributed by atoms with Gasteiger partial charge in [-0.3, -0.25) is 4.79 Å². The molecule has 0 atom stereocenters. The van der Waals surface area contributed by atoms with Crippen molar-refractivity contribution < 1.29 is 19.8 Å². The summed E-state index contributed by atoms with van der Waals surface area (Å²) < 4.78 is 0. The standard InChI is InChI=1S/C20H17N3O5/c1-23(12-5-3-2-4-6-12)13-9-7-11(8-10-13)14-15(19(25)26)17(21)22-18(24)16(14)20(27)28/h2-10H,1H3,(H,25,26)(H,27,28)(H3,21,22,24). The summed E-state index contributed by atoms with van der Waals surface area (Å²) in [7, 11) is 1.86. The van der Waals surface area contributed by atoms with Crippen LogP contribution >= 0.6 is 0 Å². The average molecular weight is 379 g/mol. The smallest absolute Gasteiger partial charge is 0.342 e. The van der Waals surface area contributed by atoms with E-state index in [1.807, 2.05) is 42.3 Å². The summed E-state index contributed by atoms with van der Waals surface area (Å²) in [6.07, 6.45) is 0. The van der Waals surface area contributed by atoms with Gasteiger partial charge in [-0.05, 0) is 29.8 Å². The summed E-state index contributed by atoms with van der Waals surface area (Å²) in [6.45, 7) is 0. The van der Waals surface area contributed by atoms with Crippen molar-refractivity contribution in [3.05, 3.63) is 76.1 Å². The van der Waals surface area contributed by atoms with Gasteiger partial charge in [-0.25, -0.2) is 9.59 Å². The zero-order valence-electron chi connectivity index (χ0n) is 14.8. The number of carboxylic acids is 2. The zero-order valence-corrected chi connectivity index (χ0v) is 14.8. The number of nitrogens with two attached hydrogens (primary N) is 1. The summed E-state index contributed by atoms with van der Waals surface area (Å²) in [5.74, 6) is -3.37. The Morgan fingerprint density at radius 3 is 1.96 bits per heavy atom. The molecule has 8 nitrogen and oxygen atoms in total. The number of carboxylic acid groups (broad SMARTS) is 2. The Morgan fingerprint density at radius 1 is 0.893 bits per heavy atom. The average Bonchev–Trinajstić information content (AvgIpc) is 2.67. The number of benzene rings is 2. The molecule has 0 spiro atoms. The number of nitrogens with zero attached hydrogens (tertiary/aromatic N) is 1. The second kappa shape index (κ2) is 7.28. The van der Waals surface area contributed by atoms with Gasteiger partial charge < -0.3 is 25.8 Å². The van der Waals surface area contributed by atoms with Crippen molar-refractivity contribution in [3.63, 3.8) is 0 Å². The first-order valence-electron chi connectivity index (χ1n) is 8.22. The minimum atomic E-state index is -1.54. The molecule has 3 aromatic rings. The van der Waals surface area contributed by atoms with Crippen molar-refractivity contribution in [2.45, 2.75) is 0 Å². The highest BCUT2D eigenvalue weighted by Gasteiger charge is 2.26. The lowest BCUT2D eigenvalue weighted by Gasteiger charge is -2.20. The highest BCUT2D eigenvalue weighted by molar-refractivity contribution is 6.07. The molecule has 0 unspecified atom stereocenters. The van der Waals surface area contributed by atoms with Gasteiger partial charge in [-0.2, -0.15) is 0 Å². The molecular weight excluding hydrogens is 362 g/mol. The van der Waals surface area contributed by atoms with E-state index in [1.54, 1.807) is 24.3 Å². The second-order valence-corrected chi connectivity index (χ2v) is 6.04. The third-order valence-electron chi connectivity index (χ3n) is 4.36. The minimum Gasteiger partial charge on any atom is -0.478 e. The molecule has 0 aliphatic heterocycles. The highest BCUT2D eigenvalue weighted by Crippen LogP contribution is 2.31. The largest absolute Gasteiger partial charge is 0.478 e. The molecule has 0 fully saturated rings. The van der Waals surface area contributed by atoms with Gasteiger partial charge in [-0.15, -0.1) is 0 Å². The van der Waals surface area contributed by atoms with Gasteiger partial charge in [0.15, 0.2) is 0 Å². The number of aromatic amines is 1. The number of rotatable bonds is 5. The van der Waals surface area contributed by atoms with E-state index in [9.17, 15) is 24.6 Å². The van der Waals surface area contributed by atoms with Crippen LogP contribution in [0.15, 0.2) is 59.4 Å². The van der Waals surface area contributed by atoms with Crippen LogP contribution in [-0.2, 0) is 0 Å². The number of hydrogen-bond acceptors (Lipinski definition) is 5. The first-order valence-corrected chi connectivity index (χ1v) is 8.22. The van der Waals surface area contributed by atoms with Crippen molar-refractivity contribution >= 4 is 29.1 Å². The number of aromatic nitrogens is 1. The van der Waals surface area contributed by atoms with E-state index in [4.69, 9.17) is 5.73 Å². The molecule has 1 aromatic heterocycles. The molecule has 3 rings (SSSR count). The van der Waals surface area contributed by atoms with Crippen molar-refractivity contribution in [2.75, 3.05) is 17.7 Å². The third kappa shape index (κ3) is 3.30. The van der Waals surface area contributed by atoms with Crippen LogP contribution < -0.4 is 16.2 Å². The number of nitrogens with one attached hydrogen (secondary N) is 1. The lowest BCUT2D eigenvalue weighted by Crippen LogP contribution is -2.24. The number of H-pyrrole nitrogens is 1. The molecule has 5 N–H and O–H groups in total. The SMILES string of the molecule is CN(c1ccccc1)c1ccc(-c2c(C(=O)O)c(N)[nH]c(=O)c2C(=O)O)cc1. The van der Waals surface area contributed by atoms with Crippen LogP contribution in [0.4, 0.5) is 17.2 Å². The van der Waals surface area contributed by atoms with E-state index >= 15 is 0 Å². The Labute approximate surface area is 159 Å². The monoisotopic (exact) mass is 379 g/mol. The molecule has 0 aliphatic rings. The van der Waals surface area contributed by atoms with Crippen LogP contribution in [0.3, 0.4) is 0 Å². The predicted molar refractivity (Wildman–Crippen MR) is 105 cm³/mol. The van der Waals surface area contributed by atoms with Crippen molar-refractivity contribution in [1.29, 1.82) is 0 Å². The lowest BCUT2D eigenvalue weighted by molar-refractivity contribution is 0.0695. The Balaban J connectivity index is 2.15. The van der Waals surface area contributed by atoms with Gasteiger partial charge >= 0.3 is 11.9 Å². The maximum absolute atomic E-state index is 12.1. The van der Waals surface area contributed by atoms with Crippen LogP contribution in [0.1, 0.15) is 20.7 Å². The number of para-hydroxylation sites is 1. The number of hydrogen-bond donors (Lipinski definition) is 4. The fourth-order valence-electron chi connectivity index (χ4n) is 2.99. The number of nitrogen functional groups attached to an aromatic ring is 1. The normalized spacial score (nSPS) is 10.5. The summed E-state index contributed by atoms with van der Waals surface area (Å²) in [5, 5.41) is 18.9. The van der Waals surface area contributed by atoms with Gasteiger partial charge in [0.1, 0.15) is 16.9 Å². The Morgan fingerprint density at radius 2 is 1.43 bits per heavy atom. The van der Waals surface area contributed by atoms with Crippen LogP contribution in [0, 0.1) is 0 Å². The molecule has 0 amide bonds. The molecule has 142 valence electrons. The van der Waals surface area contributed by atoms with Crippen LogP contribution in [-0.4, -0.2) is 34.2 Å². The second-order valence-electron chi connectivity index (χ2n) is 6.04. The summed E-state index contributed by atoms with van der Waals surface area (Å²) in [4.78, 5) is 39.3. The van der Waals surface area contributed by atoms with Gasteiger partial charge in [-0.1, -0.05) is 30.3 Å². The summed E-state index contributed by atoms with van der Waals surface area (Å²) in [5.41, 5.74) is 5.32. The van der Waals surface area contributed by atoms with E-state index in [1.165, 1.54) is 0 Å². The number of aromatic carboxylic acids is 2. The van der Waals surface area contributed by atoms with Gasteiger partial charge in [0.2, 0.25) is 0 Å². The summed E-state index contributed by atoms with van der Waals surface area (Å²) in [6, 6.07) is 16.1. The molecule has 0 radical (unpaired) electrons. The third-order valence-corrected chi connectivity index (χ3v) is 4.36. The molecule has 28 heavy (non-hydrogen) atoms. The first kappa shape index (κ1) is 18.7. The van der Waals surface area contributed by atoms with Gasteiger partial charge in [0.05, 0.1) is 0 Å². The Bertz CT molecular complexity index is 1110. The number of pyridine rings is 1. The Kier molecular flexibility index (Phi) is 4.86. The molecular formula is C20H17N3O5. The van der Waals surface area contributed by atoms with E-state index in [-0.39, 0.29) is 11.1 Å². The summed E-state index contributed by atoms with van der Waals surface area (Å²) >= 11 is 0. The quantitative estimate of drug-likeness (QED) is 0.535. The topological polar surface area (TPSA) is 137 Å². The fraction of sp³-hybridized carbons (Fsp3) is 0.0500. The number of carbonyl (C=O) groups is 2. The van der Waals surface area contributed by atoms with Gasteiger partial charge in [0.25, 0.3) is 5.56 Å². The molecule has 2 aromatic carbocycles. The Hall–Kier alpha value is -4.07. The molecule has 0 bridgehead atoms. The van der Waals surface area contributed by atoms with Crippen molar-refractivity contribution in [1.82, 2.24) is 4.98 Å². The maximum atomic E-state index is 12.1. The van der Waals surface area contributed by atoms with Gasteiger partial charge in [0, 0.05) is 24.0 Å².